The Labute approximate surface area is 187 Å². The van der Waals surface area contributed by atoms with Gasteiger partial charge in [-0.05, 0) is 80.3 Å². The van der Waals surface area contributed by atoms with Crippen molar-refractivity contribution in [2.24, 2.45) is 0 Å². The summed E-state index contributed by atoms with van der Waals surface area (Å²) in [5, 5.41) is 3.81. The molecule has 5 heteroatoms. The number of nitrogens with zero attached hydrogens (tertiary/aromatic N) is 1. The molecule has 156 valence electrons. The molecule has 0 saturated carbocycles. The van der Waals surface area contributed by atoms with Gasteiger partial charge in [-0.25, -0.2) is 4.90 Å². The van der Waals surface area contributed by atoms with Gasteiger partial charge in [-0.3, -0.25) is 9.59 Å². The van der Waals surface area contributed by atoms with E-state index in [-0.39, 0.29) is 17.5 Å². The van der Waals surface area contributed by atoms with Crippen LogP contribution < -0.4 is 10.2 Å². The van der Waals surface area contributed by atoms with Crippen molar-refractivity contribution in [1.82, 2.24) is 0 Å². The molecule has 0 unspecified atom stereocenters. The minimum absolute atomic E-state index is 0.278. The first-order valence-corrected chi connectivity index (χ1v) is 10.4. The Morgan fingerprint density at radius 2 is 1.39 bits per heavy atom. The summed E-state index contributed by atoms with van der Waals surface area (Å²) in [7, 11) is 0. The van der Waals surface area contributed by atoms with Crippen LogP contribution in [-0.4, -0.2) is 11.8 Å². The molecular formula is C26H23ClN2O2. The van der Waals surface area contributed by atoms with E-state index in [0.717, 1.165) is 33.5 Å². The number of nitrogens with one attached hydrogen (secondary N) is 1. The number of carbonyl (C=O) groups is 2. The number of halogens is 1. The Morgan fingerprint density at radius 3 is 2.06 bits per heavy atom. The smallest absolute Gasteiger partial charge is 0.282 e. The topological polar surface area (TPSA) is 49.4 Å². The van der Waals surface area contributed by atoms with Crippen molar-refractivity contribution in [3.8, 4) is 0 Å². The fourth-order valence-corrected chi connectivity index (χ4v) is 3.95. The van der Waals surface area contributed by atoms with Crippen LogP contribution in [0.5, 0.6) is 0 Å². The van der Waals surface area contributed by atoms with Crippen LogP contribution >= 0.6 is 11.6 Å². The number of hydrogen-bond acceptors (Lipinski definition) is 3. The molecule has 1 N–H and O–H groups in total. The summed E-state index contributed by atoms with van der Waals surface area (Å²) in [4.78, 5) is 28.3. The average Bonchev–Trinajstić information content (AvgIpc) is 2.96. The van der Waals surface area contributed by atoms with Crippen molar-refractivity contribution < 1.29 is 9.59 Å². The maximum Gasteiger partial charge on any atom is 0.282 e. The fraction of sp³-hybridized carbons (Fsp3) is 0.154. The van der Waals surface area contributed by atoms with Crippen LogP contribution in [0.25, 0.3) is 5.57 Å². The van der Waals surface area contributed by atoms with Crippen LogP contribution in [0.4, 0.5) is 11.4 Å². The molecule has 3 aromatic carbocycles. The predicted octanol–water partition coefficient (Wildman–Crippen LogP) is 5.97. The second-order valence-corrected chi connectivity index (χ2v) is 8.37. The largest absolute Gasteiger partial charge is 0.350 e. The van der Waals surface area contributed by atoms with Gasteiger partial charge in [-0.2, -0.15) is 0 Å². The number of anilines is 2. The highest BCUT2D eigenvalue weighted by Gasteiger charge is 2.40. The minimum atomic E-state index is -0.386. The lowest BCUT2D eigenvalue weighted by atomic mass is 9.97. The summed E-state index contributed by atoms with van der Waals surface area (Å²) >= 11 is 6.01. The third-order valence-electron chi connectivity index (χ3n) is 5.47. The van der Waals surface area contributed by atoms with Gasteiger partial charge in [0, 0.05) is 10.7 Å². The van der Waals surface area contributed by atoms with E-state index in [1.54, 1.807) is 24.3 Å². The van der Waals surface area contributed by atoms with Gasteiger partial charge in [0.2, 0.25) is 0 Å². The van der Waals surface area contributed by atoms with Gasteiger partial charge in [0.05, 0.1) is 11.3 Å². The molecular weight excluding hydrogens is 408 g/mol. The van der Waals surface area contributed by atoms with Crippen molar-refractivity contribution >= 4 is 40.4 Å². The number of imide groups is 1. The van der Waals surface area contributed by atoms with E-state index in [4.69, 9.17) is 11.6 Å². The summed E-state index contributed by atoms with van der Waals surface area (Å²) < 4.78 is 0. The summed E-state index contributed by atoms with van der Waals surface area (Å²) in [5.41, 5.74) is 6.77. The molecule has 3 aromatic rings. The Kier molecular flexibility index (Phi) is 5.42. The standard InChI is InChI=1S/C26H23ClN2O2/c1-15-6-12-21(18(4)13-15)23-24(28-22-14-16(2)5-7-17(22)3)26(31)29(25(23)30)20-10-8-19(27)9-11-20/h5-14,28H,1-4H3. The van der Waals surface area contributed by atoms with Crippen LogP contribution in [-0.2, 0) is 9.59 Å². The third-order valence-corrected chi connectivity index (χ3v) is 5.72. The summed E-state index contributed by atoms with van der Waals surface area (Å²) in [5.74, 6) is -0.740. The average molecular weight is 431 g/mol. The molecule has 0 radical (unpaired) electrons. The summed E-state index contributed by atoms with van der Waals surface area (Å²) in [6.07, 6.45) is 0. The van der Waals surface area contributed by atoms with E-state index in [0.29, 0.717) is 16.3 Å². The molecule has 0 saturated heterocycles. The first-order valence-electron chi connectivity index (χ1n) is 10.1. The van der Waals surface area contributed by atoms with E-state index in [1.807, 2.05) is 64.1 Å². The number of amides is 2. The molecule has 1 aliphatic rings. The van der Waals surface area contributed by atoms with Crippen molar-refractivity contribution in [1.29, 1.82) is 0 Å². The Balaban J connectivity index is 1.88. The fourth-order valence-electron chi connectivity index (χ4n) is 3.82. The second-order valence-electron chi connectivity index (χ2n) is 7.93. The molecule has 4 nitrogen and oxygen atoms in total. The molecule has 31 heavy (non-hydrogen) atoms. The first kappa shape index (κ1) is 20.9. The number of rotatable bonds is 4. The van der Waals surface area contributed by atoms with Crippen molar-refractivity contribution in [2.75, 3.05) is 10.2 Å². The molecule has 0 fully saturated rings. The Morgan fingerprint density at radius 1 is 0.742 bits per heavy atom. The van der Waals surface area contributed by atoms with Crippen LogP contribution in [0.3, 0.4) is 0 Å². The molecule has 2 amide bonds. The van der Waals surface area contributed by atoms with Crippen LogP contribution in [0, 0.1) is 27.7 Å². The zero-order valence-electron chi connectivity index (χ0n) is 17.9. The summed E-state index contributed by atoms with van der Waals surface area (Å²) in [6.45, 7) is 7.92. The SMILES string of the molecule is Cc1ccc(C2=C(Nc3cc(C)ccc3C)C(=O)N(c3ccc(Cl)cc3)C2=O)c(C)c1. The van der Waals surface area contributed by atoms with Crippen molar-refractivity contribution in [2.45, 2.75) is 27.7 Å². The van der Waals surface area contributed by atoms with Gasteiger partial charge < -0.3 is 5.32 Å². The molecule has 0 spiro atoms. The lowest BCUT2D eigenvalue weighted by Crippen LogP contribution is -2.32. The highest BCUT2D eigenvalue weighted by Crippen LogP contribution is 2.36. The van der Waals surface area contributed by atoms with Gasteiger partial charge in [0.25, 0.3) is 11.8 Å². The van der Waals surface area contributed by atoms with Gasteiger partial charge in [-0.1, -0.05) is 47.5 Å². The van der Waals surface area contributed by atoms with E-state index in [2.05, 4.69) is 5.32 Å². The van der Waals surface area contributed by atoms with Crippen molar-refractivity contribution in [3.05, 3.63) is 99.2 Å². The third kappa shape index (κ3) is 3.87. The lowest BCUT2D eigenvalue weighted by Gasteiger charge is -2.16. The van der Waals surface area contributed by atoms with Crippen LogP contribution in [0.1, 0.15) is 27.8 Å². The molecule has 0 aromatic heterocycles. The number of aryl methyl sites for hydroxylation is 4. The molecule has 0 aliphatic carbocycles. The molecule has 4 rings (SSSR count). The Bertz CT molecular complexity index is 1240. The molecule has 1 aliphatic heterocycles. The zero-order valence-corrected chi connectivity index (χ0v) is 18.7. The maximum absolute atomic E-state index is 13.6. The maximum atomic E-state index is 13.6. The van der Waals surface area contributed by atoms with Crippen LogP contribution in [0.15, 0.2) is 66.4 Å². The molecule has 0 bridgehead atoms. The highest BCUT2D eigenvalue weighted by atomic mass is 35.5. The second kappa shape index (κ2) is 8.05. The highest BCUT2D eigenvalue weighted by molar-refractivity contribution is 6.46. The van der Waals surface area contributed by atoms with Crippen LogP contribution in [0.2, 0.25) is 5.02 Å². The van der Waals surface area contributed by atoms with Gasteiger partial charge in [-0.15, -0.1) is 0 Å². The van der Waals surface area contributed by atoms with E-state index < -0.39 is 0 Å². The quantitative estimate of drug-likeness (QED) is 0.518. The van der Waals surface area contributed by atoms with Crippen molar-refractivity contribution in [3.63, 3.8) is 0 Å². The van der Waals surface area contributed by atoms with Gasteiger partial charge in [0.1, 0.15) is 5.70 Å². The molecule has 1 heterocycles. The predicted molar refractivity (Wildman–Crippen MR) is 126 cm³/mol. The number of hydrogen-bond donors (Lipinski definition) is 1. The van der Waals surface area contributed by atoms with E-state index >= 15 is 0 Å². The summed E-state index contributed by atoms with van der Waals surface area (Å²) in [6, 6.07) is 18.6. The molecule has 0 atom stereocenters. The number of carbonyl (C=O) groups excluding carboxylic acids is 2. The number of benzene rings is 3. The Hall–Kier alpha value is -3.37. The van der Waals surface area contributed by atoms with Gasteiger partial charge in [0.15, 0.2) is 0 Å². The minimum Gasteiger partial charge on any atom is -0.350 e. The first-order chi connectivity index (χ1) is 14.8. The normalized spacial score (nSPS) is 13.9. The van der Waals surface area contributed by atoms with E-state index in [9.17, 15) is 9.59 Å². The van der Waals surface area contributed by atoms with Gasteiger partial charge >= 0.3 is 0 Å². The van der Waals surface area contributed by atoms with E-state index in [1.165, 1.54) is 4.90 Å². The zero-order chi connectivity index (χ0) is 22.3. The monoisotopic (exact) mass is 430 g/mol. The lowest BCUT2D eigenvalue weighted by molar-refractivity contribution is -0.120.